The highest BCUT2D eigenvalue weighted by Gasteiger charge is 2.31. The van der Waals surface area contributed by atoms with Crippen LogP contribution in [0.2, 0.25) is 10.0 Å². The SMILES string of the molecule is FC(F)(F)COc1nc(N/N=C/c2c(Cl)cccc2Cl)nc(Nc2ccc(OC(F)(F)F)cc2)n1. The molecule has 0 aliphatic heterocycles. The van der Waals surface area contributed by atoms with Gasteiger partial charge in [0.25, 0.3) is 5.95 Å². The van der Waals surface area contributed by atoms with E-state index in [1.807, 2.05) is 0 Å². The van der Waals surface area contributed by atoms with Crippen LogP contribution in [-0.2, 0) is 0 Å². The van der Waals surface area contributed by atoms with Crippen LogP contribution in [0.5, 0.6) is 11.8 Å². The first kappa shape index (κ1) is 26.1. The van der Waals surface area contributed by atoms with Crippen LogP contribution in [0.25, 0.3) is 0 Å². The zero-order valence-electron chi connectivity index (χ0n) is 17.0. The van der Waals surface area contributed by atoms with E-state index in [9.17, 15) is 26.3 Å². The summed E-state index contributed by atoms with van der Waals surface area (Å²) < 4.78 is 82.8. The number of hydrazone groups is 1. The molecule has 2 aromatic carbocycles. The number of rotatable bonds is 8. The van der Waals surface area contributed by atoms with Crippen molar-refractivity contribution in [3.8, 4) is 11.8 Å². The Bertz CT molecular complexity index is 1170. The van der Waals surface area contributed by atoms with Crippen LogP contribution in [0.4, 0.5) is 43.9 Å². The van der Waals surface area contributed by atoms with Crippen LogP contribution in [0.15, 0.2) is 47.6 Å². The molecule has 0 aliphatic carbocycles. The Morgan fingerprint density at radius 2 is 1.51 bits per heavy atom. The van der Waals surface area contributed by atoms with Gasteiger partial charge in [-0.1, -0.05) is 29.3 Å². The Morgan fingerprint density at radius 1 is 0.886 bits per heavy atom. The Labute approximate surface area is 202 Å². The van der Waals surface area contributed by atoms with Crippen molar-refractivity contribution in [3.63, 3.8) is 0 Å². The maximum Gasteiger partial charge on any atom is 0.573 e. The quantitative estimate of drug-likeness (QED) is 0.199. The summed E-state index contributed by atoms with van der Waals surface area (Å²) in [5, 5.41) is 7.03. The first-order chi connectivity index (χ1) is 16.4. The lowest BCUT2D eigenvalue weighted by atomic mass is 10.2. The summed E-state index contributed by atoms with van der Waals surface area (Å²) in [6.07, 6.45) is -8.30. The smallest absolute Gasteiger partial charge is 0.454 e. The number of nitrogens with one attached hydrogen (secondary N) is 2. The molecule has 1 aromatic heterocycles. The standard InChI is InChI=1S/C19H12Cl2F6N6O2/c20-13-2-1-3-14(21)12(13)8-28-33-16-30-15(31-17(32-16)34-9-18(22,23)24)29-10-4-6-11(7-5-10)35-19(25,26)27/h1-8H,9H2,(H2,29,30,31,32,33)/b28-8+. The van der Waals surface area contributed by atoms with E-state index in [-0.39, 0.29) is 27.6 Å². The van der Waals surface area contributed by atoms with Crippen molar-refractivity contribution in [2.75, 3.05) is 17.3 Å². The van der Waals surface area contributed by atoms with Gasteiger partial charge in [-0.25, -0.2) is 5.43 Å². The second-order valence-corrected chi connectivity index (χ2v) is 7.19. The van der Waals surface area contributed by atoms with Gasteiger partial charge in [-0.05, 0) is 36.4 Å². The summed E-state index contributed by atoms with van der Waals surface area (Å²) in [5.41, 5.74) is 2.93. The summed E-state index contributed by atoms with van der Waals surface area (Å²) in [6.45, 7) is -1.68. The molecule has 0 saturated carbocycles. The first-order valence-corrected chi connectivity index (χ1v) is 9.95. The number of ether oxygens (including phenoxy) is 2. The third-order valence-electron chi connectivity index (χ3n) is 3.68. The molecule has 0 spiro atoms. The van der Waals surface area contributed by atoms with Crippen molar-refractivity contribution in [2.45, 2.75) is 12.5 Å². The van der Waals surface area contributed by atoms with Crippen molar-refractivity contribution in [2.24, 2.45) is 5.10 Å². The molecule has 186 valence electrons. The highest BCUT2D eigenvalue weighted by molar-refractivity contribution is 6.38. The van der Waals surface area contributed by atoms with Gasteiger partial charge in [-0.3, -0.25) is 0 Å². The average Bonchev–Trinajstić information content (AvgIpc) is 2.74. The van der Waals surface area contributed by atoms with E-state index in [0.29, 0.717) is 5.56 Å². The molecule has 0 saturated heterocycles. The molecule has 2 N–H and O–H groups in total. The number of hydrogen-bond donors (Lipinski definition) is 2. The van der Waals surface area contributed by atoms with Crippen LogP contribution in [0, 0.1) is 0 Å². The molecule has 0 unspecified atom stereocenters. The number of aromatic nitrogens is 3. The molecule has 0 amide bonds. The van der Waals surface area contributed by atoms with E-state index in [2.05, 4.69) is 40.3 Å². The lowest BCUT2D eigenvalue weighted by molar-refractivity contribution is -0.274. The van der Waals surface area contributed by atoms with E-state index < -0.39 is 30.9 Å². The maximum absolute atomic E-state index is 12.5. The topological polar surface area (TPSA) is 93.5 Å². The Morgan fingerprint density at radius 3 is 2.11 bits per heavy atom. The predicted octanol–water partition coefficient (Wildman–Crippen LogP) is 6.21. The van der Waals surface area contributed by atoms with Crippen LogP contribution in [0.3, 0.4) is 0 Å². The van der Waals surface area contributed by atoms with E-state index in [0.717, 1.165) is 12.1 Å². The normalized spacial score (nSPS) is 12.0. The van der Waals surface area contributed by atoms with E-state index in [1.165, 1.54) is 18.3 Å². The van der Waals surface area contributed by atoms with Gasteiger partial charge >= 0.3 is 18.5 Å². The summed E-state index contributed by atoms with van der Waals surface area (Å²) in [4.78, 5) is 11.3. The molecule has 3 aromatic rings. The fourth-order valence-electron chi connectivity index (χ4n) is 2.33. The van der Waals surface area contributed by atoms with Crippen molar-refractivity contribution in [1.82, 2.24) is 15.0 Å². The molecule has 0 atom stereocenters. The maximum atomic E-state index is 12.5. The molecular weight excluding hydrogens is 529 g/mol. The number of halogens is 8. The number of benzene rings is 2. The minimum atomic E-state index is -4.87. The highest BCUT2D eigenvalue weighted by atomic mass is 35.5. The van der Waals surface area contributed by atoms with Gasteiger partial charge in [0.1, 0.15) is 5.75 Å². The van der Waals surface area contributed by atoms with Gasteiger partial charge < -0.3 is 14.8 Å². The molecule has 8 nitrogen and oxygen atoms in total. The van der Waals surface area contributed by atoms with Gasteiger partial charge in [0.15, 0.2) is 6.61 Å². The Kier molecular flexibility index (Phi) is 8.07. The molecule has 1 heterocycles. The zero-order valence-corrected chi connectivity index (χ0v) is 18.5. The minimum absolute atomic E-state index is 0.185. The van der Waals surface area contributed by atoms with Crippen molar-refractivity contribution >= 4 is 47.0 Å². The average molecular weight is 541 g/mol. The van der Waals surface area contributed by atoms with Gasteiger partial charge in [0.05, 0.1) is 16.3 Å². The summed E-state index contributed by atoms with van der Waals surface area (Å²) in [5.74, 6) is -1.10. The molecule has 35 heavy (non-hydrogen) atoms. The van der Waals surface area contributed by atoms with E-state index in [4.69, 9.17) is 23.2 Å². The lowest BCUT2D eigenvalue weighted by Crippen LogP contribution is -2.20. The molecular formula is C19H12Cl2F6N6O2. The molecule has 0 fully saturated rings. The third-order valence-corrected chi connectivity index (χ3v) is 4.34. The summed E-state index contributed by atoms with van der Waals surface area (Å²) in [6, 6.07) is 8.46. The summed E-state index contributed by atoms with van der Waals surface area (Å²) >= 11 is 12.1. The fourth-order valence-corrected chi connectivity index (χ4v) is 2.83. The number of alkyl halides is 6. The molecule has 3 rings (SSSR count). The highest BCUT2D eigenvalue weighted by Crippen LogP contribution is 2.26. The minimum Gasteiger partial charge on any atom is -0.454 e. The first-order valence-electron chi connectivity index (χ1n) is 9.19. The molecule has 16 heteroatoms. The summed E-state index contributed by atoms with van der Waals surface area (Å²) in [7, 11) is 0. The Hall–Kier alpha value is -3.52. The Balaban J connectivity index is 1.81. The van der Waals surface area contributed by atoms with Gasteiger partial charge in [0, 0.05) is 11.3 Å². The van der Waals surface area contributed by atoms with Crippen LogP contribution in [0.1, 0.15) is 5.56 Å². The second-order valence-electron chi connectivity index (χ2n) is 6.37. The van der Waals surface area contributed by atoms with Crippen molar-refractivity contribution in [1.29, 1.82) is 0 Å². The van der Waals surface area contributed by atoms with Gasteiger partial charge in [-0.2, -0.15) is 33.2 Å². The third kappa shape index (κ3) is 8.64. The predicted molar refractivity (Wildman–Crippen MR) is 115 cm³/mol. The largest absolute Gasteiger partial charge is 0.573 e. The number of anilines is 3. The monoisotopic (exact) mass is 540 g/mol. The number of hydrogen-bond acceptors (Lipinski definition) is 8. The van der Waals surface area contributed by atoms with Crippen molar-refractivity contribution < 1.29 is 35.8 Å². The second kappa shape index (κ2) is 10.8. The van der Waals surface area contributed by atoms with E-state index >= 15 is 0 Å². The van der Waals surface area contributed by atoms with Gasteiger partial charge in [-0.15, -0.1) is 13.2 Å². The fraction of sp³-hybridized carbons (Fsp3) is 0.158. The molecule has 0 radical (unpaired) electrons. The van der Waals surface area contributed by atoms with Crippen molar-refractivity contribution in [3.05, 3.63) is 58.1 Å². The van der Waals surface area contributed by atoms with Crippen LogP contribution >= 0.6 is 23.2 Å². The van der Waals surface area contributed by atoms with Crippen LogP contribution in [-0.4, -0.2) is 40.3 Å². The molecule has 0 aliphatic rings. The van der Waals surface area contributed by atoms with Crippen LogP contribution < -0.4 is 20.2 Å². The van der Waals surface area contributed by atoms with E-state index in [1.54, 1.807) is 18.2 Å². The zero-order chi connectivity index (χ0) is 25.6. The molecule has 0 bridgehead atoms. The lowest BCUT2D eigenvalue weighted by Gasteiger charge is -2.12. The number of nitrogens with zero attached hydrogens (tertiary/aromatic N) is 4. The van der Waals surface area contributed by atoms with Gasteiger partial charge in [0.2, 0.25) is 5.95 Å².